The zero-order valence-corrected chi connectivity index (χ0v) is 19.6. The molecule has 5 nitrogen and oxygen atoms in total. The summed E-state index contributed by atoms with van der Waals surface area (Å²) in [6.07, 6.45) is 3.31. The number of carbonyl (C=O) groups excluding carboxylic acids is 1. The van der Waals surface area contributed by atoms with E-state index in [4.69, 9.17) is 4.42 Å². The van der Waals surface area contributed by atoms with Gasteiger partial charge in [-0.3, -0.25) is 4.79 Å². The lowest BCUT2D eigenvalue weighted by Gasteiger charge is -2.26. The van der Waals surface area contributed by atoms with Gasteiger partial charge in [0, 0.05) is 6.42 Å². The van der Waals surface area contributed by atoms with E-state index in [1.807, 2.05) is 30.3 Å². The van der Waals surface area contributed by atoms with Crippen molar-refractivity contribution in [1.82, 2.24) is 10.3 Å². The molecule has 0 spiro atoms. The first kappa shape index (κ1) is 25.2. The molecule has 0 radical (unpaired) electrons. The van der Waals surface area contributed by atoms with Gasteiger partial charge >= 0.3 is 6.18 Å². The molecule has 2 aromatic carbocycles. The molecule has 1 fully saturated rings. The molecule has 2 N–H and O–H groups in total. The van der Waals surface area contributed by atoms with Gasteiger partial charge in [0.1, 0.15) is 5.52 Å². The van der Waals surface area contributed by atoms with Crippen LogP contribution < -0.4 is 5.32 Å². The zero-order valence-electron chi connectivity index (χ0n) is 19.6. The first-order valence-corrected chi connectivity index (χ1v) is 12.2. The molecule has 0 saturated heterocycles. The molecule has 1 aromatic heterocycles. The third-order valence-corrected chi connectivity index (χ3v) is 6.87. The Hall–Kier alpha value is -2.87. The van der Waals surface area contributed by atoms with Crippen molar-refractivity contribution in [3.63, 3.8) is 0 Å². The molecule has 1 aliphatic carbocycles. The number of oxazole rings is 1. The van der Waals surface area contributed by atoms with E-state index in [1.165, 1.54) is 25.3 Å². The van der Waals surface area contributed by atoms with E-state index in [0.29, 0.717) is 18.8 Å². The molecule has 1 saturated carbocycles. The molecule has 1 heterocycles. The van der Waals surface area contributed by atoms with Gasteiger partial charge in [-0.25, -0.2) is 4.98 Å². The Morgan fingerprint density at radius 3 is 2.54 bits per heavy atom. The normalized spacial score (nSPS) is 16.8. The van der Waals surface area contributed by atoms with Crippen LogP contribution in [0.25, 0.3) is 11.1 Å². The fraction of sp³-hybridized carbons (Fsp3) is 0.481. The Balaban J connectivity index is 1.50. The minimum atomic E-state index is -4.51. The molecule has 0 bridgehead atoms. The average Bonchev–Trinajstić information content (AvgIpc) is 3.30. The van der Waals surface area contributed by atoms with Crippen LogP contribution in [0.5, 0.6) is 0 Å². The van der Waals surface area contributed by atoms with Gasteiger partial charge < -0.3 is 14.8 Å². The molecule has 35 heavy (non-hydrogen) atoms. The minimum absolute atomic E-state index is 0.0107. The molecule has 1 aliphatic rings. The lowest BCUT2D eigenvalue weighted by molar-refractivity contribution is -0.137. The van der Waals surface area contributed by atoms with E-state index >= 15 is 0 Å². The summed E-state index contributed by atoms with van der Waals surface area (Å²) in [5, 5.41) is 14.4. The second-order valence-electron chi connectivity index (χ2n) is 9.54. The number of rotatable bonds is 9. The maximum absolute atomic E-state index is 13.1. The first-order valence-electron chi connectivity index (χ1n) is 12.2. The molecular weight excluding hydrogens is 457 g/mol. The highest BCUT2D eigenvalue weighted by molar-refractivity contribution is 5.76. The molecule has 4 rings (SSSR count). The van der Waals surface area contributed by atoms with Crippen LogP contribution in [-0.4, -0.2) is 22.5 Å². The molecule has 3 aromatic rings. The van der Waals surface area contributed by atoms with Crippen molar-refractivity contribution >= 4 is 17.0 Å². The molecule has 1 unspecified atom stereocenters. The summed E-state index contributed by atoms with van der Waals surface area (Å²) in [6, 6.07) is 12.5. The number of aliphatic hydroxyl groups is 1. The number of hydrogen-bond donors (Lipinski definition) is 2. The summed E-state index contributed by atoms with van der Waals surface area (Å²) in [6.45, 7) is -0.137. The van der Waals surface area contributed by atoms with Crippen LogP contribution >= 0.6 is 0 Å². The maximum Gasteiger partial charge on any atom is 0.416 e. The lowest BCUT2D eigenvalue weighted by Crippen LogP contribution is -2.41. The van der Waals surface area contributed by atoms with Gasteiger partial charge in [0.05, 0.1) is 12.1 Å². The second-order valence-corrected chi connectivity index (χ2v) is 9.54. The van der Waals surface area contributed by atoms with Crippen LogP contribution in [-0.2, 0) is 23.0 Å². The van der Waals surface area contributed by atoms with Gasteiger partial charge in [0.15, 0.2) is 11.2 Å². The summed E-state index contributed by atoms with van der Waals surface area (Å²) in [4.78, 5) is 16.8. The van der Waals surface area contributed by atoms with E-state index in [1.54, 1.807) is 0 Å². The largest absolute Gasteiger partial charge is 0.437 e. The van der Waals surface area contributed by atoms with Gasteiger partial charge in [-0.2, -0.15) is 13.2 Å². The van der Waals surface area contributed by atoms with E-state index in [0.717, 1.165) is 37.0 Å². The maximum atomic E-state index is 13.1. The highest BCUT2D eigenvalue weighted by Gasteiger charge is 2.36. The Morgan fingerprint density at radius 1 is 1.09 bits per heavy atom. The number of alkyl halides is 3. The fourth-order valence-corrected chi connectivity index (χ4v) is 4.71. The summed E-state index contributed by atoms with van der Waals surface area (Å²) < 4.78 is 45.1. The number of aromatic nitrogens is 1. The number of nitrogens with one attached hydrogen (secondary N) is 1. The summed E-state index contributed by atoms with van der Waals surface area (Å²) in [7, 11) is 0. The molecule has 8 heteroatoms. The van der Waals surface area contributed by atoms with Crippen molar-refractivity contribution in [3.8, 4) is 0 Å². The number of amides is 1. The SMILES string of the molecule is O=C(CCC1CCCCC1)NCC(O)(CCc1ccccc1)c1nc2cc(C(F)(F)F)ccc2o1. The third-order valence-electron chi connectivity index (χ3n) is 6.87. The predicted molar refractivity (Wildman–Crippen MR) is 126 cm³/mol. The quantitative estimate of drug-likeness (QED) is 0.379. The first-order chi connectivity index (χ1) is 16.7. The number of halogens is 3. The predicted octanol–water partition coefficient (Wildman–Crippen LogP) is 6.14. The topological polar surface area (TPSA) is 75.4 Å². The molecule has 1 amide bonds. The summed E-state index contributed by atoms with van der Waals surface area (Å²) in [5.74, 6) is 0.297. The Labute approximate surface area is 202 Å². The Bertz CT molecular complexity index is 1120. The van der Waals surface area contributed by atoms with Crippen molar-refractivity contribution in [2.45, 2.75) is 69.6 Å². The second kappa shape index (κ2) is 10.8. The number of hydrogen-bond acceptors (Lipinski definition) is 4. The van der Waals surface area contributed by atoms with Gasteiger partial charge in [0.25, 0.3) is 0 Å². The van der Waals surface area contributed by atoms with Gasteiger partial charge in [-0.15, -0.1) is 0 Å². The lowest BCUT2D eigenvalue weighted by atomic mass is 9.86. The van der Waals surface area contributed by atoms with Crippen LogP contribution in [0.4, 0.5) is 13.2 Å². The van der Waals surface area contributed by atoms with Crippen LogP contribution in [0.2, 0.25) is 0 Å². The number of carbonyl (C=O) groups is 1. The van der Waals surface area contributed by atoms with Crippen LogP contribution in [0.15, 0.2) is 52.9 Å². The van der Waals surface area contributed by atoms with Crippen molar-refractivity contribution in [2.24, 2.45) is 5.92 Å². The minimum Gasteiger partial charge on any atom is -0.437 e. The van der Waals surface area contributed by atoms with Crippen LogP contribution in [0.3, 0.4) is 0 Å². The smallest absolute Gasteiger partial charge is 0.416 e. The number of benzene rings is 2. The fourth-order valence-electron chi connectivity index (χ4n) is 4.71. The Morgan fingerprint density at radius 2 is 1.83 bits per heavy atom. The molecule has 0 aliphatic heterocycles. The average molecular weight is 489 g/mol. The van der Waals surface area contributed by atoms with Crippen molar-refractivity contribution < 1.29 is 27.5 Å². The molecule has 188 valence electrons. The Kier molecular flexibility index (Phi) is 7.79. The van der Waals surface area contributed by atoms with Gasteiger partial charge in [0.2, 0.25) is 11.8 Å². The zero-order chi connectivity index (χ0) is 24.9. The highest BCUT2D eigenvalue weighted by Crippen LogP contribution is 2.34. The number of aryl methyl sites for hydroxylation is 1. The summed E-state index contributed by atoms with van der Waals surface area (Å²) >= 11 is 0. The van der Waals surface area contributed by atoms with Gasteiger partial charge in [-0.1, -0.05) is 62.4 Å². The highest BCUT2D eigenvalue weighted by atomic mass is 19.4. The van der Waals surface area contributed by atoms with Crippen molar-refractivity contribution in [2.75, 3.05) is 6.54 Å². The monoisotopic (exact) mass is 488 g/mol. The van der Waals surface area contributed by atoms with E-state index in [9.17, 15) is 23.1 Å². The van der Waals surface area contributed by atoms with Crippen molar-refractivity contribution in [3.05, 3.63) is 65.5 Å². The molecule has 1 atom stereocenters. The van der Waals surface area contributed by atoms with Crippen LogP contribution in [0.1, 0.15) is 68.4 Å². The van der Waals surface area contributed by atoms with E-state index < -0.39 is 17.3 Å². The van der Waals surface area contributed by atoms with Gasteiger partial charge in [-0.05, 0) is 48.9 Å². The van der Waals surface area contributed by atoms with Crippen molar-refractivity contribution in [1.29, 1.82) is 0 Å². The summed E-state index contributed by atoms with van der Waals surface area (Å²) in [5.41, 5.74) is -1.38. The molecular formula is C27H31F3N2O3. The van der Waals surface area contributed by atoms with E-state index in [2.05, 4.69) is 10.3 Å². The third kappa shape index (κ3) is 6.63. The van der Waals surface area contributed by atoms with Crippen LogP contribution in [0, 0.1) is 5.92 Å². The standard InChI is InChI=1S/C27H31F3N2O3/c28-27(29,30)21-12-13-23-22(17-21)32-25(35-23)26(34,16-15-20-9-5-2-6-10-20)18-31-24(33)14-11-19-7-3-1-4-8-19/h2,5-6,9-10,12-13,17,19,34H,1,3-4,7-8,11,14-16,18H2,(H,31,33). The number of nitrogens with zero attached hydrogens (tertiary/aromatic N) is 1. The van der Waals surface area contributed by atoms with E-state index in [-0.39, 0.29) is 35.9 Å². The number of fused-ring (bicyclic) bond motifs is 1.